The van der Waals surface area contributed by atoms with E-state index in [1.54, 1.807) is 0 Å². The highest BCUT2D eigenvalue weighted by molar-refractivity contribution is 5.89. The van der Waals surface area contributed by atoms with E-state index in [-0.39, 0.29) is 6.03 Å². The fourth-order valence-corrected chi connectivity index (χ4v) is 3.09. The Balaban J connectivity index is 1.72. The average Bonchev–Trinajstić information content (AvgIpc) is 2.38. The number of hydrogen-bond acceptors (Lipinski definition) is 1. The van der Waals surface area contributed by atoms with Gasteiger partial charge in [0.2, 0.25) is 0 Å². The van der Waals surface area contributed by atoms with E-state index in [1.807, 2.05) is 26.0 Å². The van der Waals surface area contributed by atoms with Gasteiger partial charge in [-0.05, 0) is 49.4 Å². The molecule has 1 aromatic carbocycles. The van der Waals surface area contributed by atoms with Gasteiger partial charge in [0.1, 0.15) is 0 Å². The van der Waals surface area contributed by atoms with E-state index < -0.39 is 0 Å². The van der Waals surface area contributed by atoms with Crippen LogP contribution in [0.4, 0.5) is 10.5 Å². The van der Waals surface area contributed by atoms with Crippen LogP contribution in [-0.4, -0.2) is 12.6 Å². The number of amides is 2. The Hall–Kier alpha value is -1.51. The van der Waals surface area contributed by atoms with Gasteiger partial charge >= 0.3 is 6.03 Å². The number of carbonyl (C=O) groups excluding carboxylic acids is 1. The second-order valence-electron chi connectivity index (χ2n) is 6.05. The van der Waals surface area contributed by atoms with E-state index >= 15 is 0 Å². The monoisotopic (exact) mass is 274 g/mol. The molecular weight excluding hydrogens is 248 g/mol. The first-order valence-corrected chi connectivity index (χ1v) is 7.76. The summed E-state index contributed by atoms with van der Waals surface area (Å²) in [5, 5.41) is 5.88. The Morgan fingerprint density at radius 1 is 1.10 bits per heavy atom. The molecule has 20 heavy (non-hydrogen) atoms. The van der Waals surface area contributed by atoms with Gasteiger partial charge in [-0.1, -0.05) is 38.2 Å². The standard InChI is InChI=1S/C17H26N2O/c1-13-10-14(2)12-16(11-13)19-17(20)18-9-8-15-6-4-3-5-7-15/h10-12,15H,3-9H2,1-2H3,(H2,18,19,20). The zero-order chi connectivity index (χ0) is 14.4. The molecular formula is C17H26N2O. The highest BCUT2D eigenvalue weighted by Crippen LogP contribution is 2.25. The van der Waals surface area contributed by atoms with Crippen molar-refractivity contribution in [3.63, 3.8) is 0 Å². The Morgan fingerprint density at radius 2 is 1.75 bits per heavy atom. The summed E-state index contributed by atoms with van der Waals surface area (Å²) in [5.41, 5.74) is 3.21. The molecule has 2 rings (SSSR count). The third kappa shape index (κ3) is 4.87. The summed E-state index contributed by atoms with van der Waals surface area (Å²) in [7, 11) is 0. The molecule has 110 valence electrons. The molecule has 3 nitrogen and oxygen atoms in total. The lowest BCUT2D eigenvalue weighted by atomic mass is 9.87. The Kier molecular flexibility index (Phi) is 5.45. The maximum Gasteiger partial charge on any atom is 0.319 e. The largest absolute Gasteiger partial charge is 0.338 e. The van der Waals surface area contributed by atoms with E-state index in [4.69, 9.17) is 0 Å². The zero-order valence-corrected chi connectivity index (χ0v) is 12.7. The SMILES string of the molecule is Cc1cc(C)cc(NC(=O)NCCC2CCCCC2)c1. The predicted molar refractivity (Wildman–Crippen MR) is 84.1 cm³/mol. The smallest absolute Gasteiger partial charge is 0.319 e. The quantitative estimate of drug-likeness (QED) is 0.839. The van der Waals surface area contributed by atoms with Crippen molar-refractivity contribution >= 4 is 11.7 Å². The van der Waals surface area contributed by atoms with Crippen molar-refractivity contribution < 1.29 is 4.79 Å². The van der Waals surface area contributed by atoms with Gasteiger partial charge in [0.05, 0.1) is 0 Å². The predicted octanol–water partition coefficient (Wildman–Crippen LogP) is 4.40. The van der Waals surface area contributed by atoms with Crippen molar-refractivity contribution in [2.45, 2.75) is 52.4 Å². The number of aryl methyl sites for hydroxylation is 2. The number of urea groups is 1. The van der Waals surface area contributed by atoms with Crippen molar-refractivity contribution in [3.05, 3.63) is 29.3 Å². The summed E-state index contributed by atoms with van der Waals surface area (Å²) in [5.74, 6) is 0.810. The topological polar surface area (TPSA) is 41.1 Å². The summed E-state index contributed by atoms with van der Waals surface area (Å²) < 4.78 is 0. The molecule has 0 heterocycles. The molecule has 0 saturated heterocycles. The second kappa shape index (κ2) is 7.32. The molecule has 3 heteroatoms. The molecule has 0 spiro atoms. The minimum atomic E-state index is -0.0918. The molecule has 1 aliphatic carbocycles. The third-order valence-corrected chi connectivity index (χ3v) is 4.04. The van der Waals surface area contributed by atoms with Gasteiger partial charge in [0.15, 0.2) is 0 Å². The second-order valence-corrected chi connectivity index (χ2v) is 6.05. The molecule has 0 aromatic heterocycles. The van der Waals surface area contributed by atoms with Crippen LogP contribution in [0.25, 0.3) is 0 Å². The van der Waals surface area contributed by atoms with Gasteiger partial charge < -0.3 is 10.6 Å². The average molecular weight is 274 g/mol. The molecule has 1 fully saturated rings. The first-order valence-electron chi connectivity index (χ1n) is 7.76. The van der Waals surface area contributed by atoms with Crippen molar-refractivity contribution in [2.75, 3.05) is 11.9 Å². The van der Waals surface area contributed by atoms with Crippen molar-refractivity contribution in [1.82, 2.24) is 5.32 Å². The summed E-state index contributed by atoms with van der Waals surface area (Å²) in [4.78, 5) is 11.9. The molecule has 2 amide bonds. The van der Waals surface area contributed by atoms with Crippen molar-refractivity contribution in [2.24, 2.45) is 5.92 Å². The maximum absolute atomic E-state index is 11.9. The number of anilines is 1. The molecule has 0 aliphatic heterocycles. The molecule has 0 unspecified atom stereocenters. The number of carbonyl (C=O) groups is 1. The fourth-order valence-electron chi connectivity index (χ4n) is 3.09. The number of rotatable bonds is 4. The van der Waals surface area contributed by atoms with Crippen LogP contribution in [0.1, 0.15) is 49.7 Å². The van der Waals surface area contributed by atoms with Crippen LogP contribution in [0.2, 0.25) is 0 Å². The van der Waals surface area contributed by atoms with E-state index in [2.05, 4.69) is 16.7 Å². The number of benzene rings is 1. The molecule has 2 N–H and O–H groups in total. The highest BCUT2D eigenvalue weighted by atomic mass is 16.2. The summed E-state index contributed by atoms with van der Waals surface area (Å²) in [6.45, 7) is 4.86. The molecule has 0 atom stereocenters. The normalized spacial score (nSPS) is 15.9. The molecule has 0 radical (unpaired) electrons. The molecule has 1 aromatic rings. The lowest BCUT2D eigenvalue weighted by molar-refractivity contribution is 0.250. The van der Waals surface area contributed by atoms with E-state index in [9.17, 15) is 4.79 Å². The van der Waals surface area contributed by atoms with Crippen molar-refractivity contribution in [3.8, 4) is 0 Å². The summed E-state index contributed by atoms with van der Waals surface area (Å²) in [6.07, 6.45) is 7.89. The fraction of sp³-hybridized carbons (Fsp3) is 0.588. The van der Waals surface area contributed by atoms with Crippen LogP contribution in [0.15, 0.2) is 18.2 Å². The van der Waals surface area contributed by atoms with Gasteiger partial charge in [-0.15, -0.1) is 0 Å². The lowest BCUT2D eigenvalue weighted by Gasteiger charge is -2.21. The lowest BCUT2D eigenvalue weighted by Crippen LogP contribution is -2.30. The van der Waals surface area contributed by atoms with E-state index in [0.29, 0.717) is 0 Å². The van der Waals surface area contributed by atoms with Crippen LogP contribution in [0, 0.1) is 19.8 Å². The Bertz CT molecular complexity index is 430. The number of hydrogen-bond donors (Lipinski definition) is 2. The highest BCUT2D eigenvalue weighted by Gasteiger charge is 2.13. The zero-order valence-electron chi connectivity index (χ0n) is 12.7. The van der Waals surface area contributed by atoms with E-state index in [1.165, 1.54) is 43.2 Å². The summed E-state index contributed by atoms with van der Waals surface area (Å²) in [6, 6.07) is 6.00. The minimum absolute atomic E-state index is 0.0918. The van der Waals surface area contributed by atoms with Crippen LogP contribution in [-0.2, 0) is 0 Å². The van der Waals surface area contributed by atoms with Crippen LogP contribution in [0.3, 0.4) is 0 Å². The van der Waals surface area contributed by atoms with Gasteiger partial charge in [-0.3, -0.25) is 0 Å². The third-order valence-electron chi connectivity index (χ3n) is 4.04. The Morgan fingerprint density at radius 3 is 2.40 bits per heavy atom. The first kappa shape index (κ1) is 14.9. The van der Waals surface area contributed by atoms with Gasteiger partial charge in [0, 0.05) is 12.2 Å². The molecule has 1 saturated carbocycles. The summed E-state index contributed by atoms with van der Waals surface area (Å²) >= 11 is 0. The molecule has 1 aliphatic rings. The number of nitrogens with one attached hydrogen (secondary N) is 2. The van der Waals surface area contributed by atoms with Gasteiger partial charge in [0.25, 0.3) is 0 Å². The Labute approximate surface area is 122 Å². The van der Waals surface area contributed by atoms with Crippen LogP contribution < -0.4 is 10.6 Å². The molecule has 0 bridgehead atoms. The maximum atomic E-state index is 11.9. The minimum Gasteiger partial charge on any atom is -0.338 e. The van der Waals surface area contributed by atoms with Gasteiger partial charge in [-0.2, -0.15) is 0 Å². The van der Waals surface area contributed by atoms with Crippen LogP contribution >= 0.6 is 0 Å². The van der Waals surface area contributed by atoms with Crippen molar-refractivity contribution in [1.29, 1.82) is 0 Å². The van der Waals surface area contributed by atoms with E-state index in [0.717, 1.165) is 24.6 Å². The van der Waals surface area contributed by atoms with Gasteiger partial charge in [-0.25, -0.2) is 4.79 Å². The first-order chi connectivity index (χ1) is 9.63. The van der Waals surface area contributed by atoms with Crippen LogP contribution in [0.5, 0.6) is 0 Å².